The quantitative estimate of drug-likeness (QED) is 0.673. The summed E-state index contributed by atoms with van der Waals surface area (Å²) in [5.74, 6) is 6.68. The van der Waals surface area contributed by atoms with Crippen LogP contribution in [-0.2, 0) is 0 Å². The second-order valence-electron chi connectivity index (χ2n) is 3.69. The van der Waals surface area contributed by atoms with E-state index in [0.29, 0.717) is 11.6 Å². The molecule has 0 bridgehead atoms. The number of aromatic nitrogens is 2. The lowest BCUT2D eigenvalue weighted by Crippen LogP contribution is -1.92. The van der Waals surface area contributed by atoms with Crippen molar-refractivity contribution in [2.75, 3.05) is 7.11 Å². The van der Waals surface area contributed by atoms with Crippen LogP contribution in [0.1, 0.15) is 31.4 Å². The number of ether oxygens (including phenoxy) is 1. The first-order valence-corrected chi connectivity index (χ1v) is 5.47. The molecule has 0 amide bonds. The first-order chi connectivity index (χ1) is 7.88. The van der Waals surface area contributed by atoms with Crippen molar-refractivity contribution in [1.29, 1.82) is 0 Å². The normalized spacial score (nSPS) is 14.7. The smallest absolute Gasteiger partial charge is 0.233 e. The molecule has 3 heteroatoms. The molecule has 1 aromatic rings. The van der Waals surface area contributed by atoms with E-state index in [4.69, 9.17) is 4.74 Å². The molecule has 16 heavy (non-hydrogen) atoms. The van der Waals surface area contributed by atoms with Crippen LogP contribution >= 0.6 is 0 Å². The topological polar surface area (TPSA) is 35.0 Å². The van der Waals surface area contributed by atoms with Gasteiger partial charge in [-0.2, -0.15) is 0 Å². The Kier molecular flexibility index (Phi) is 3.55. The molecule has 0 atom stereocenters. The van der Waals surface area contributed by atoms with Crippen LogP contribution in [0, 0.1) is 11.8 Å². The Morgan fingerprint density at radius 1 is 1.19 bits per heavy atom. The fourth-order valence-electron chi connectivity index (χ4n) is 1.59. The van der Waals surface area contributed by atoms with Gasteiger partial charge in [-0.05, 0) is 43.2 Å². The molecule has 3 nitrogen and oxygen atoms in total. The maximum Gasteiger partial charge on any atom is 0.233 e. The number of hydrogen-bond donors (Lipinski definition) is 0. The van der Waals surface area contributed by atoms with Crippen molar-refractivity contribution >= 4 is 0 Å². The molecule has 0 aliphatic heterocycles. The van der Waals surface area contributed by atoms with Gasteiger partial charge in [0.05, 0.1) is 7.11 Å². The second kappa shape index (κ2) is 5.32. The van der Waals surface area contributed by atoms with Crippen molar-refractivity contribution < 1.29 is 4.74 Å². The summed E-state index contributed by atoms with van der Waals surface area (Å²) >= 11 is 0. The van der Waals surface area contributed by atoms with Gasteiger partial charge in [0.25, 0.3) is 0 Å². The largest absolute Gasteiger partial charge is 0.480 e. The van der Waals surface area contributed by atoms with Crippen LogP contribution in [0.3, 0.4) is 0 Å². The zero-order valence-corrected chi connectivity index (χ0v) is 9.36. The van der Waals surface area contributed by atoms with Gasteiger partial charge in [0.1, 0.15) is 5.69 Å². The average molecular weight is 214 g/mol. The Balaban J connectivity index is 2.08. The predicted octanol–water partition coefficient (Wildman–Crippen LogP) is 2.34. The maximum atomic E-state index is 4.93. The zero-order chi connectivity index (χ0) is 11.2. The van der Waals surface area contributed by atoms with E-state index in [1.54, 1.807) is 13.2 Å². The van der Waals surface area contributed by atoms with E-state index in [1.807, 2.05) is 6.07 Å². The van der Waals surface area contributed by atoms with E-state index in [2.05, 4.69) is 28.1 Å². The average Bonchev–Trinajstić information content (AvgIpc) is 2.38. The standard InChI is InChI=1S/C13H14N2O/c1-16-13-10-9-12(14-15-13)8-7-11-5-3-2-4-6-11/h5,9-10H,2-4,6H2,1H3. The molecule has 1 heterocycles. The molecule has 1 aliphatic rings. The van der Waals surface area contributed by atoms with E-state index in [9.17, 15) is 0 Å². The maximum absolute atomic E-state index is 4.93. The summed E-state index contributed by atoms with van der Waals surface area (Å²) in [5.41, 5.74) is 1.91. The molecule has 0 N–H and O–H groups in total. The van der Waals surface area contributed by atoms with Crippen LogP contribution in [0.15, 0.2) is 23.8 Å². The third kappa shape index (κ3) is 2.83. The number of nitrogens with zero attached hydrogens (tertiary/aromatic N) is 2. The summed E-state index contributed by atoms with van der Waals surface area (Å²) in [7, 11) is 1.57. The van der Waals surface area contributed by atoms with Gasteiger partial charge >= 0.3 is 0 Å². The van der Waals surface area contributed by atoms with Crippen molar-refractivity contribution in [2.45, 2.75) is 25.7 Å². The molecule has 0 unspecified atom stereocenters. The zero-order valence-electron chi connectivity index (χ0n) is 9.36. The molecule has 1 aliphatic carbocycles. The third-order valence-electron chi connectivity index (χ3n) is 2.49. The summed E-state index contributed by atoms with van der Waals surface area (Å²) in [6.07, 6.45) is 6.99. The van der Waals surface area contributed by atoms with Crippen LogP contribution < -0.4 is 4.74 Å². The fraction of sp³-hybridized carbons (Fsp3) is 0.385. The molecule has 0 radical (unpaired) electrons. The van der Waals surface area contributed by atoms with Crippen LogP contribution in [0.25, 0.3) is 0 Å². The summed E-state index contributed by atoms with van der Waals surface area (Å²) in [6.45, 7) is 0. The van der Waals surface area contributed by atoms with Gasteiger partial charge in [0.2, 0.25) is 5.88 Å². The van der Waals surface area contributed by atoms with Gasteiger partial charge < -0.3 is 4.74 Å². The van der Waals surface area contributed by atoms with Crippen LogP contribution in [0.5, 0.6) is 5.88 Å². The predicted molar refractivity (Wildman–Crippen MR) is 62.0 cm³/mol. The van der Waals surface area contributed by atoms with E-state index in [0.717, 1.165) is 12.8 Å². The SMILES string of the molecule is COc1ccc(C#CC2=CCCCC2)nn1. The minimum Gasteiger partial charge on any atom is -0.480 e. The highest BCUT2D eigenvalue weighted by molar-refractivity contribution is 5.37. The molecule has 0 spiro atoms. The van der Waals surface area contributed by atoms with Crippen molar-refractivity contribution in [3.8, 4) is 17.7 Å². The highest BCUT2D eigenvalue weighted by Gasteiger charge is 2.00. The van der Waals surface area contributed by atoms with Crippen molar-refractivity contribution in [1.82, 2.24) is 10.2 Å². The number of hydrogen-bond acceptors (Lipinski definition) is 3. The lowest BCUT2D eigenvalue weighted by molar-refractivity contribution is 0.391. The monoisotopic (exact) mass is 214 g/mol. The van der Waals surface area contributed by atoms with Crippen LogP contribution in [-0.4, -0.2) is 17.3 Å². The third-order valence-corrected chi connectivity index (χ3v) is 2.49. The number of allylic oxidation sites excluding steroid dienone is 2. The number of methoxy groups -OCH3 is 1. The van der Waals surface area contributed by atoms with Gasteiger partial charge in [0.15, 0.2) is 0 Å². The molecular formula is C13H14N2O. The minimum atomic E-state index is 0.516. The Bertz CT molecular complexity index is 437. The Labute approximate surface area is 95.5 Å². The van der Waals surface area contributed by atoms with E-state index < -0.39 is 0 Å². The number of rotatable bonds is 1. The van der Waals surface area contributed by atoms with Crippen LogP contribution in [0.2, 0.25) is 0 Å². The van der Waals surface area contributed by atoms with E-state index >= 15 is 0 Å². The first kappa shape index (κ1) is 10.7. The lowest BCUT2D eigenvalue weighted by atomic mass is 10.00. The summed E-state index contributed by atoms with van der Waals surface area (Å²) in [4.78, 5) is 0. The Morgan fingerprint density at radius 2 is 2.12 bits per heavy atom. The molecule has 82 valence electrons. The lowest BCUT2D eigenvalue weighted by Gasteiger charge is -2.05. The van der Waals surface area contributed by atoms with E-state index in [-0.39, 0.29) is 0 Å². The van der Waals surface area contributed by atoms with Crippen molar-refractivity contribution in [2.24, 2.45) is 0 Å². The highest BCUT2D eigenvalue weighted by atomic mass is 16.5. The molecule has 0 saturated heterocycles. The van der Waals surface area contributed by atoms with Gasteiger partial charge in [0, 0.05) is 6.07 Å². The molecule has 1 aromatic heterocycles. The second-order valence-corrected chi connectivity index (χ2v) is 3.69. The molecule has 0 aromatic carbocycles. The Morgan fingerprint density at radius 3 is 2.75 bits per heavy atom. The summed E-state index contributed by atoms with van der Waals surface area (Å²) < 4.78 is 4.93. The van der Waals surface area contributed by atoms with Crippen molar-refractivity contribution in [3.05, 3.63) is 29.5 Å². The summed E-state index contributed by atoms with van der Waals surface area (Å²) in [6, 6.07) is 3.59. The summed E-state index contributed by atoms with van der Waals surface area (Å²) in [5, 5.41) is 7.82. The molecule has 0 saturated carbocycles. The van der Waals surface area contributed by atoms with E-state index in [1.165, 1.54) is 18.4 Å². The minimum absolute atomic E-state index is 0.516. The molecular weight excluding hydrogens is 200 g/mol. The van der Waals surface area contributed by atoms with Crippen molar-refractivity contribution in [3.63, 3.8) is 0 Å². The Hall–Kier alpha value is -1.82. The van der Waals surface area contributed by atoms with Gasteiger partial charge in [-0.25, -0.2) is 0 Å². The molecule has 0 fully saturated rings. The van der Waals surface area contributed by atoms with Gasteiger partial charge in [-0.15, -0.1) is 10.2 Å². The highest BCUT2D eigenvalue weighted by Crippen LogP contribution is 2.16. The fourth-order valence-corrected chi connectivity index (χ4v) is 1.59. The van der Waals surface area contributed by atoms with Gasteiger partial charge in [-0.3, -0.25) is 0 Å². The molecule has 2 rings (SSSR count). The first-order valence-electron chi connectivity index (χ1n) is 5.47. The van der Waals surface area contributed by atoms with Gasteiger partial charge in [-0.1, -0.05) is 12.0 Å². The van der Waals surface area contributed by atoms with Crippen LogP contribution in [0.4, 0.5) is 0 Å².